The summed E-state index contributed by atoms with van der Waals surface area (Å²) in [6.07, 6.45) is 115. The lowest BCUT2D eigenvalue weighted by Crippen LogP contribution is -2.45. The molecule has 97 heavy (non-hydrogen) atoms. The first kappa shape index (κ1) is 95.1. The molecule has 574 valence electrons. The van der Waals surface area contributed by atoms with Gasteiger partial charge in [0.05, 0.1) is 25.4 Å². The smallest absolute Gasteiger partial charge is 0.305 e. The summed E-state index contributed by atoms with van der Waals surface area (Å²) < 4.78 is 5.51. The predicted molar refractivity (Wildman–Crippen MR) is 430 cm³/mol. The van der Waals surface area contributed by atoms with Gasteiger partial charge in [-0.2, -0.15) is 0 Å². The molecule has 0 aliphatic rings. The van der Waals surface area contributed by atoms with E-state index in [0.717, 1.165) is 44.9 Å². The number of carbonyl (C=O) groups excluding carboxylic acids is 2. The van der Waals surface area contributed by atoms with E-state index in [9.17, 15) is 19.8 Å². The van der Waals surface area contributed by atoms with E-state index in [2.05, 4.69) is 43.5 Å². The van der Waals surface area contributed by atoms with Crippen molar-refractivity contribution < 1.29 is 24.5 Å². The van der Waals surface area contributed by atoms with Crippen LogP contribution in [0.2, 0.25) is 0 Å². The highest BCUT2D eigenvalue weighted by molar-refractivity contribution is 5.76. The summed E-state index contributed by atoms with van der Waals surface area (Å²) >= 11 is 0. The Balaban J connectivity index is 3.35. The quantitative estimate of drug-likeness (QED) is 0.0320. The van der Waals surface area contributed by atoms with E-state index in [1.54, 1.807) is 6.08 Å². The number of ether oxygens (including phenoxy) is 1. The largest absolute Gasteiger partial charge is 0.466 e. The Labute approximate surface area is 608 Å². The summed E-state index contributed by atoms with van der Waals surface area (Å²) in [5.74, 6) is -0.0419. The van der Waals surface area contributed by atoms with Gasteiger partial charge in [-0.25, -0.2) is 0 Å². The molecule has 0 fully saturated rings. The van der Waals surface area contributed by atoms with Crippen LogP contribution in [0, 0.1) is 0 Å². The number of carbonyl (C=O) groups is 2. The lowest BCUT2D eigenvalue weighted by molar-refractivity contribution is -0.143. The van der Waals surface area contributed by atoms with Gasteiger partial charge in [0.2, 0.25) is 5.91 Å². The third kappa shape index (κ3) is 82.9. The molecule has 0 bridgehead atoms. The number of allylic oxidation sites excluding steroid dienone is 5. The Morgan fingerprint density at radius 3 is 0.732 bits per heavy atom. The molecule has 0 spiro atoms. The zero-order valence-corrected chi connectivity index (χ0v) is 66.1. The standard InChI is InChI=1S/C91H175NO5/c1-3-5-7-9-11-13-15-17-19-21-22-23-24-40-43-46-49-52-55-59-63-67-71-75-79-83-89(94)88(87-93)92-90(95)84-80-76-72-68-64-60-56-53-50-47-44-41-38-36-34-32-30-28-26-25-27-29-31-33-35-37-39-42-45-48-51-54-58-62-66-70-74-78-82-86-97-91(96)85-81-77-73-69-65-61-57-20-18-16-14-12-10-8-6-4-2/h20,25-26,57,79,83,88-89,93-94H,3-19,21-24,27-56,58-78,80-82,84-87H2,1-2H3,(H,92,95)/b26-25-,57-20-,83-79+. The van der Waals surface area contributed by atoms with Crippen LogP contribution in [-0.4, -0.2) is 47.4 Å². The van der Waals surface area contributed by atoms with Crippen molar-refractivity contribution in [1.82, 2.24) is 5.32 Å². The fraction of sp³-hybridized carbons (Fsp3) is 0.912. The molecule has 0 aromatic rings. The van der Waals surface area contributed by atoms with Crippen molar-refractivity contribution in [3.05, 3.63) is 36.5 Å². The van der Waals surface area contributed by atoms with Crippen LogP contribution in [0.3, 0.4) is 0 Å². The van der Waals surface area contributed by atoms with Crippen LogP contribution in [0.5, 0.6) is 0 Å². The van der Waals surface area contributed by atoms with E-state index in [1.807, 2.05) is 6.08 Å². The third-order valence-electron chi connectivity index (χ3n) is 21.1. The van der Waals surface area contributed by atoms with E-state index >= 15 is 0 Å². The van der Waals surface area contributed by atoms with Crippen molar-refractivity contribution in [2.75, 3.05) is 13.2 Å². The first-order valence-corrected chi connectivity index (χ1v) is 44.8. The molecular weight excluding hydrogens is 1190 g/mol. The van der Waals surface area contributed by atoms with Crippen LogP contribution >= 0.6 is 0 Å². The van der Waals surface area contributed by atoms with Crippen molar-refractivity contribution >= 4 is 11.9 Å². The number of nitrogens with one attached hydrogen (secondary N) is 1. The normalized spacial score (nSPS) is 12.6. The number of unbranched alkanes of at least 4 members (excludes halogenated alkanes) is 70. The molecule has 1 amide bonds. The van der Waals surface area contributed by atoms with Crippen molar-refractivity contribution in [3.63, 3.8) is 0 Å². The molecule has 6 nitrogen and oxygen atoms in total. The van der Waals surface area contributed by atoms with Crippen molar-refractivity contribution in [2.45, 2.75) is 520 Å². The Hall–Kier alpha value is -1.92. The Bertz CT molecular complexity index is 1570. The summed E-state index contributed by atoms with van der Waals surface area (Å²) in [4.78, 5) is 24.7. The van der Waals surface area contributed by atoms with E-state index in [-0.39, 0.29) is 18.5 Å². The summed E-state index contributed by atoms with van der Waals surface area (Å²) in [7, 11) is 0. The van der Waals surface area contributed by atoms with Crippen molar-refractivity contribution in [1.29, 1.82) is 0 Å². The van der Waals surface area contributed by atoms with E-state index in [0.29, 0.717) is 19.4 Å². The number of rotatable bonds is 85. The van der Waals surface area contributed by atoms with Gasteiger partial charge in [-0.15, -0.1) is 0 Å². The molecular formula is C91H175NO5. The molecule has 0 aliphatic heterocycles. The van der Waals surface area contributed by atoms with Gasteiger partial charge in [-0.1, -0.05) is 448 Å². The number of aliphatic hydroxyl groups excluding tert-OH is 2. The van der Waals surface area contributed by atoms with Crippen LogP contribution in [-0.2, 0) is 14.3 Å². The van der Waals surface area contributed by atoms with E-state index in [1.165, 1.54) is 437 Å². The van der Waals surface area contributed by atoms with Gasteiger partial charge in [0.1, 0.15) is 0 Å². The maximum atomic E-state index is 12.6. The zero-order valence-electron chi connectivity index (χ0n) is 66.1. The van der Waals surface area contributed by atoms with E-state index < -0.39 is 12.1 Å². The van der Waals surface area contributed by atoms with Gasteiger partial charge in [-0.05, 0) is 83.5 Å². The number of amides is 1. The van der Waals surface area contributed by atoms with Gasteiger partial charge >= 0.3 is 5.97 Å². The van der Waals surface area contributed by atoms with Crippen LogP contribution in [0.25, 0.3) is 0 Å². The molecule has 2 atom stereocenters. The second-order valence-electron chi connectivity index (χ2n) is 30.9. The summed E-state index contributed by atoms with van der Waals surface area (Å²) in [5.41, 5.74) is 0. The van der Waals surface area contributed by atoms with Gasteiger partial charge in [0, 0.05) is 12.8 Å². The molecule has 0 aliphatic carbocycles. The number of hydrogen-bond acceptors (Lipinski definition) is 5. The molecule has 0 rings (SSSR count). The molecule has 0 saturated carbocycles. The van der Waals surface area contributed by atoms with Gasteiger partial charge in [-0.3, -0.25) is 9.59 Å². The minimum Gasteiger partial charge on any atom is -0.466 e. The lowest BCUT2D eigenvalue weighted by Gasteiger charge is -2.20. The van der Waals surface area contributed by atoms with Crippen molar-refractivity contribution in [2.24, 2.45) is 0 Å². The second kappa shape index (κ2) is 86.5. The highest BCUT2D eigenvalue weighted by Crippen LogP contribution is 2.21. The fourth-order valence-corrected chi connectivity index (χ4v) is 14.3. The first-order valence-electron chi connectivity index (χ1n) is 44.8. The maximum absolute atomic E-state index is 12.6. The maximum Gasteiger partial charge on any atom is 0.305 e. The highest BCUT2D eigenvalue weighted by Gasteiger charge is 2.18. The Morgan fingerprint density at radius 2 is 0.485 bits per heavy atom. The third-order valence-corrected chi connectivity index (χ3v) is 21.1. The monoisotopic (exact) mass is 1360 g/mol. The van der Waals surface area contributed by atoms with E-state index in [4.69, 9.17) is 4.74 Å². The average Bonchev–Trinajstić information content (AvgIpc) is 3.72. The fourth-order valence-electron chi connectivity index (χ4n) is 14.3. The zero-order chi connectivity index (χ0) is 69.8. The second-order valence-corrected chi connectivity index (χ2v) is 30.9. The first-order chi connectivity index (χ1) is 48.0. The van der Waals surface area contributed by atoms with Crippen LogP contribution in [0.1, 0.15) is 508 Å². The molecule has 0 heterocycles. The topological polar surface area (TPSA) is 95.9 Å². The Kier molecular flexibility index (Phi) is 84.8. The average molecular weight is 1360 g/mol. The minimum atomic E-state index is -0.843. The van der Waals surface area contributed by atoms with Crippen molar-refractivity contribution in [3.8, 4) is 0 Å². The molecule has 0 aromatic heterocycles. The van der Waals surface area contributed by atoms with Gasteiger partial charge < -0.3 is 20.3 Å². The molecule has 6 heteroatoms. The highest BCUT2D eigenvalue weighted by atomic mass is 16.5. The van der Waals surface area contributed by atoms with Gasteiger partial charge in [0.15, 0.2) is 0 Å². The number of hydrogen-bond donors (Lipinski definition) is 3. The van der Waals surface area contributed by atoms with Crippen LogP contribution in [0.15, 0.2) is 36.5 Å². The molecule has 0 saturated heterocycles. The molecule has 2 unspecified atom stereocenters. The van der Waals surface area contributed by atoms with Gasteiger partial charge in [0.25, 0.3) is 0 Å². The predicted octanol–water partition coefficient (Wildman–Crippen LogP) is 30.1. The SMILES string of the molecule is CCCCCCCCC/C=C\CCCCCCCC(=O)OCCCCCCCCCCCCCCCCCCCC/C=C\CCCCCCCCCCCCCCCCCCCC(=O)NC(CO)C(O)/C=C/CCCCCCCCCCCCCCCCCCCCCCCCC. The minimum absolute atomic E-state index is 0.0159. The number of esters is 1. The summed E-state index contributed by atoms with van der Waals surface area (Å²) in [6, 6.07) is -0.626. The number of aliphatic hydroxyl groups is 2. The molecule has 3 N–H and O–H groups in total. The summed E-state index contributed by atoms with van der Waals surface area (Å²) in [5, 5.41) is 23.4. The lowest BCUT2D eigenvalue weighted by atomic mass is 10.0. The van der Waals surface area contributed by atoms with Crippen LogP contribution in [0.4, 0.5) is 0 Å². The summed E-state index contributed by atoms with van der Waals surface area (Å²) in [6.45, 7) is 4.96. The Morgan fingerprint density at radius 1 is 0.278 bits per heavy atom. The van der Waals surface area contributed by atoms with Crippen LogP contribution < -0.4 is 5.32 Å². The molecule has 0 aromatic carbocycles. The molecule has 0 radical (unpaired) electrons.